The van der Waals surface area contributed by atoms with E-state index in [0.717, 1.165) is 0 Å². The largest absolute Gasteiger partial charge is 0.469 e. The van der Waals surface area contributed by atoms with E-state index in [-0.39, 0.29) is 36.1 Å². The predicted molar refractivity (Wildman–Crippen MR) is 61.3 cm³/mol. The molecule has 0 unspecified atom stereocenters. The van der Waals surface area contributed by atoms with E-state index in [1.54, 1.807) is 0 Å². The number of hydrogen-bond acceptors (Lipinski definition) is 4. The molecule has 2 rings (SSSR count). The lowest BCUT2D eigenvalue weighted by Crippen LogP contribution is -2.50. The van der Waals surface area contributed by atoms with Gasteiger partial charge in [-0.3, -0.25) is 9.59 Å². The highest BCUT2D eigenvalue weighted by atomic mass is 16.5. The highest BCUT2D eigenvalue weighted by molar-refractivity contribution is 5.86. The number of methoxy groups -OCH3 is 1. The van der Waals surface area contributed by atoms with E-state index >= 15 is 0 Å². The summed E-state index contributed by atoms with van der Waals surface area (Å²) in [6.45, 7) is 3.77. The van der Waals surface area contributed by atoms with Crippen molar-refractivity contribution in [2.24, 2.45) is 11.8 Å². The molecular weight excluding hydrogens is 220 g/mol. The first-order valence-electron chi connectivity index (χ1n) is 5.98. The Kier molecular flexibility index (Phi) is 3.08. The van der Waals surface area contributed by atoms with E-state index in [0.29, 0.717) is 6.42 Å². The average molecular weight is 238 g/mol. The van der Waals surface area contributed by atoms with E-state index in [1.165, 1.54) is 7.11 Å². The molecule has 2 bridgehead atoms. The predicted octanol–water partition coefficient (Wildman–Crippen LogP) is 1.49. The maximum Gasteiger partial charge on any atom is 0.305 e. The average Bonchev–Trinajstić information content (AvgIpc) is 2.75. The number of ether oxygens (including phenoxy) is 2. The van der Waals surface area contributed by atoms with Gasteiger partial charge in [0.15, 0.2) is 0 Å². The molecule has 0 N–H and O–H groups in total. The third-order valence-electron chi connectivity index (χ3n) is 3.97. The van der Waals surface area contributed by atoms with Crippen LogP contribution in [0.4, 0.5) is 0 Å². The summed E-state index contributed by atoms with van der Waals surface area (Å²) in [6.07, 6.45) is 4.55. The van der Waals surface area contributed by atoms with Gasteiger partial charge < -0.3 is 9.47 Å². The van der Waals surface area contributed by atoms with E-state index in [4.69, 9.17) is 4.74 Å². The number of esters is 1. The van der Waals surface area contributed by atoms with Crippen LogP contribution in [0.25, 0.3) is 0 Å². The van der Waals surface area contributed by atoms with Crippen LogP contribution in [-0.2, 0) is 19.1 Å². The lowest BCUT2D eigenvalue weighted by molar-refractivity contribution is -0.162. The summed E-state index contributed by atoms with van der Waals surface area (Å²) < 4.78 is 10.6. The number of carbonyl (C=O) groups is 2. The Morgan fingerprint density at radius 2 is 2.24 bits per heavy atom. The van der Waals surface area contributed by atoms with Gasteiger partial charge in [0.25, 0.3) is 0 Å². The van der Waals surface area contributed by atoms with Crippen molar-refractivity contribution in [3.8, 4) is 0 Å². The lowest BCUT2D eigenvalue weighted by atomic mass is 9.77. The SMILES string of the molecule is COC(=O)CC[C@]12C=C[C@H](O1)[C@H](C)C(=O)[C@@H]2C. The Hall–Kier alpha value is -1.16. The molecule has 1 fully saturated rings. The van der Waals surface area contributed by atoms with Crippen LogP contribution in [0.5, 0.6) is 0 Å². The Bertz CT molecular complexity index is 374. The molecule has 2 aliphatic rings. The molecule has 4 nitrogen and oxygen atoms in total. The van der Waals surface area contributed by atoms with E-state index in [9.17, 15) is 9.59 Å². The van der Waals surface area contributed by atoms with Gasteiger partial charge in [-0.15, -0.1) is 0 Å². The zero-order valence-corrected chi connectivity index (χ0v) is 10.4. The summed E-state index contributed by atoms with van der Waals surface area (Å²) in [5.41, 5.74) is -0.595. The zero-order valence-electron chi connectivity index (χ0n) is 10.4. The molecule has 0 aromatic heterocycles. The van der Waals surface area contributed by atoms with Crippen LogP contribution in [0.1, 0.15) is 26.7 Å². The van der Waals surface area contributed by atoms with Crippen molar-refractivity contribution in [1.82, 2.24) is 0 Å². The van der Waals surface area contributed by atoms with Gasteiger partial charge in [0.05, 0.1) is 18.8 Å². The summed E-state index contributed by atoms with van der Waals surface area (Å²) >= 11 is 0. The van der Waals surface area contributed by atoms with Crippen molar-refractivity contribution in [2.75, 3.05) is 7.11 Å². The van der Waals surface area contributed by atoms with Crippen molar-refractivity contribution in [3.05, 3.63) is 12.2 Å². The van der Waals surface area contributed by atoms with E-state index in [2.05, 4.69) is 4.74 Å². The highest BCUT2D eigenvalue weighted by Crippen LogP contribution is 2.43. The van der Waals surface area contributed by atoms with E-state index < -0.39 is 5.60 Å². The van der Waals surface area contributed by atoms with Crippen LogP contribution >= 0.6 is 0 Å². The molecule has 0 aliphatic carbocycles. The molecule has 4 atom stereocenters. The molecule has 2 aliphatic heterocycles. The van der Waals surface area contributed by atoms with Crippen molar-refractivity contribution in [2.45, 2.75) is 38.4 Å². The first kappa shape index (κ1) is 12.3. The van der Waals surface area contributed by atoms with Gasteiger partial charge in [0.2, 0.25) is 0 Å². The summed E-state index contributed by atoms with van der Waals surface area (Å²) in [4.78, 5) is 23.3. The first-order valence-corrected chi connectivity index (χ1v) is 5.98. The minimum absolute atomic E-state index is 0.0880. The molecule has 1 saturated heterocycles. The maximum atomic E-state index is 12.1. The van der Waals surface area contributed by atoms with Crippen molar-refractivity contribution >= 4 is 11.8 Å². The fourth-order valence-electron chi connectivity index (χ4n) is 2.66. The number of carbonyl (C=O) groups excluding carboxylic acids is 2. The number of rotatable bonds is 3. The summed E-state index contributed by atoms with van der Waals surface area (Å²) in [5, 5.41) is 0. The lowest BCUT2D eigenvalue weighted by Gasteiger charge is -2.40. The molecule has 0 spiro atoms. The molecule has 2 heterocycles. The second-order valence-electron chi connectivity index (χ2n) is 4.89. The van der Waals surface area contributed by atoms with Gasteiger partial charge in [0, 0.05) is 18.3 Å². The number of Topliss-reactive ketones (excluding diaryl/α,β-unsaturated/α-hetero) is 1. The molecule has 4 heteroatoms. The maximum absolute atomic E-state index is 12.1. The van der Waals surface area contributed by atoms with Crippen LogP contribution in [-0.4, -0.2) is 30.6 Å². The van der Waals surface area contributed by atoms with Gasteiger partial charge in [-0.1, -0.05) is 26.0 Å². The number of hydrogen-bond donors (Lipinski definition) is 0. The number of ketones is 1. The van der Waals surface area contributed by atoms with Gasteiger partial charge in [-0.25, -0.2) is 0 Å². The highest BCUT2D eigenvalue weighted by Gasteiger charge is 2.51. The van der Waals surface area contributed by atoms with Gasteiger partial charge in [0.1, 0.15) is 5.78 Å². The third-order valence-corrected chi connectivity index (χ3v) is 3.97. The fraction of sp³-hybridized carbons (Fsp3) is 0.692. The first-order chi connectivity index (χ1) is 8.00. The second-order valence-corrected chi connectivity index (χ2v) is 4.89. The Labute approximate surface area is 101 Å². The zero-order chi connectivity index (χ0) is 12.6. The second kappa shape index (κ2) is 4.26. The molecular formula is C13H18O4. The Morgan fingerprint density at radius 1 is 1.53 bits per heavy atom. The van der Waals surface area contributed by atoms with Crippen LogP contribution in [0.15, 0.2) is 12.2 Å². The van der Waals surface area contributed by atoms with E-state index in [1.807, 2.05) is 26.0 Å². The topological polar surface area (TPSA) is 52.6 Å². The summed E-state index contributed by atoms with van der Waals surface area (Å²) in [5.74, 6) is -0.332. The quantitative estimate of drug-likeness (QED) is 0.552. The normalized spacial score (nSPS) is 39.5. The Balaban J connectivity index is 2.12. The molecule has 0 radical (unpaired) electrons. The monoisotopic (exact) mass is 238 g/mol. The molecule has 0 aromatic rings. The van der Waals surface area contributed by atoms with Crippen LogP contribution in [0.2, 0.25) is 0 Å². The third kappa shape index (κ3) is 1.90. The van der Waals surface area contributed by atoms with Crippen molar-refractivity contribution in [1.29, 1.82) is 0 Å². The van der Waals surface area contributed by atoms with Crippen LogP contribution in [0, 0.1) is 11.8 Å². The molecule has 0 saturated carbocycles. The molecule has 0 amide bonds. The van der Waals surface area contributed by atoms with Gasteiger partial charge >= 0.3 is 5.97 Å². The Morgan fingerprint density at radius 3 is 2.88 bits per heavy atom. The summed E-state index contributed by atoms with van der Waals surface area (Å²) in [6, 6.07) is 0. The van der Waals surface area contributed by atoms with Crippen molar-refractivity contribution in [3.63, 3.8) is 0 Å². The standard InChI is InChI=1S/C13H18O4/c1-8-10-4-6-13(17-10,9(2)12(8)15)7-5-11(14)16-3/h4,6,8-10H,5,7H2,1-3H3/t8-,9-,10-,13-/m0/s1. The van der Waals surface area contributed by atoms with Gasteiger partial charge in [-0.05, 0) is 6.42 Å². The summed E-state index contributed by atoms with van der Waals surface area (Å²) in [7, 11) is 1.37. The minimum atomic E-state index is -0.595. The molecule has 94 valence electrons. The van der Waals surface area contributed by atoms with Crippen LogP contribution in [0.3, 0.4) is 0 Å². The fourth-order valence-corrected chi connectivity index (χ4v) is 2.66. The number of fused-ring (bicyclic) bond motifs is 2. The smallest absolute Gasteiger partial charge is 0.305 e. The van der Waals surface area contributed by atoms with Crippen LogP contribution < -0.4 is 0 Å². The molecule has 0 aromatic carbocycles. The molecule has 17 heavy (non-hydrogen) atoms. The minimum Gasteiger partial charge on any atom is -0.469 e. The van der Waals surface area contributed by atoms with Gasteiger partial charge in [-0.2, -0.15) is 0 Å². The van der Waals surface area contributed by atoms with Crippen molar-refractivity contribution < 1.29 is 19.1 Å².